The molecule has 1 aliphatic heterocycles. The molecule has 3 aromatic rings. The third-order valence-corrected chi connectivity index (χ3v) is 4.87. The first-order valence-electron chi connectivity index (χ1n) is 9.18. The minimum Gasteiger partial charge on any atom is -0.462 e. The number of carbonyl (C=O) groups is 1. The topological polar surface area (TPSA) is 72.6 Å². The van der Waals surface area contributed by atoms with Crippen molar-refractivity contribution in [3.8, 4) is 0 Å². The smallest absolute Gasteiger partial charge is 0.343 e. The van der Waals surface area contributed by atoms with Gasteiger partial charge in [0.1, 0.15) is 17.2 Å². The van der Waals surface area contributed by atoms with Crippen molar-refractivity contribution in [1.82, 2.24) is 19.6 Å². The molecule has 0 aromatic carbocycles. The number of hydrogen-bond donors (Lipinski definition) is 0. The maximum atomic E-state index is 13.9. The molecule has 144 valence electrons. The second-order valence-electron chi connectivity index (χ2n) is 6.52. The molecule has 1 fully saturated rings. The van der Waals surface area contributed by atoms with Crippen molar-refractivity contribution in [3.05, 3.63) is 59.9 Å². The summed E-state index contributed by atoms with van der Waals surface area (Å²) < 4.78 is 20.5. The molecule has 0 bridgehead atoms. The summed E-state index contributed by atoms with van der Waals surface area (Å²) in [5.41, 5.74) is 2.20. The van der Waals surface area contributed by atoms with Gasteiger partial charge < -0.3 is 9.64 Å². The molecule has 4 rings (SSSR count). The summed E-state index contributed by atoms with van der Waals surface area (Å²) in [6.45, 7) is 6.59. The molecule has 0 N–H and O–H groups in total. The van der Waals surface area contributed by atoms with Crippen LogP contribution < -0.4 is 4.90 Å². The molecule has 0 radical (unpaired) electrons. The second-order valence-corrected chi connectivity index (χ2v) is 6.52. The predicted octanol–water partition coefficient (Wildman–Crippen LogP) is 3.42. The SMILES string of the molecule is C=Cc1ncc(F)cc1C1CCCN1c1ccn2ncc(C(=O)OCC)c2n1. The lowest BCUT2D eigenvalue weighted by molar-refractivity contribution is 0.0528. The Labute approximate surface area is 161 Å². The third-order valence-electron chi connectivity index (χ3n) is 4.87. The number of esters is 1. The van der Waals surface area contributed by atoms with Gasteiger partial charge >= 0.3 is 5.97 Å². The first kappa shape index (κ1) is 18.1. The van der Waals surface area contributed by atoms with E-state index in [0.717, 1.165) is 24.9 Å². The highest BCUT2D eigenvalue weighted by Crippen LogP contribution is 2.37. The number of fused-ring (bicyclic) bond motifs is 1. The fourth-order valence-electron chi connectivity index (χ4n) is 3.64. The van der Waals surface area contributed by atoms with E-state index in [1.807, 2.05) is 6.07 Å². The fourth-order valence-corrected chi connectivity index (χ4v) is 3.64. The van der Waals surface area contributed by atoms with Crippen molar-refractivity contribution in [1.29, 1.82) is 0 Å². The van der Waals surface area contributed by atoms with E-state index < -0.39 is 5.97 Å². The molecule has 8 heteroatoms. The lowest BCUT2D eigenvalue weighted by Gasteiger charge is -2.27. The van der Waals surface area contributed by atoms with E-state index in [1.165, 1.54) is 18.5 Å². The Kier molecular flexibility index (Phi) is 4.77. The maximum Gasteiger partial charge on any atom is 0.343 e. The van der Waals surface area contributed by atoms with Crippen LogP contribution in [0.2, 0.25) is 0 Å². The van der Waals surface area contributed by atoms with Gasteiger partial charge in [-0.05, 0) is 38.0 Å². The second kappa shape index (κ2) is 7.38. The highest BCUT2D eigenvalue weighted by molar-refractivity contribution is 5.95. The van der Waals surface area contributed by atoms with Crippen molar-refractivity contribution < 1.29 is 13.9 Å². The molecule has 0 saturated carbocycles. The van der Waals surface area contributed by atoms with Crippen LogP contribution in [0.4, 0.5) is 10.2 Å². The number of carbonyl (C=O) groups excluding carboxylic acids is 1. The summed E-state index contributed by atoms with van der Waals surface area (Å²) in [6, 6.07) is 3.28. The van der Waals surface area contributed by atoms with Crippen LogP contribution in [0.5, 0.6) is 0 Å². The van der Waals surface area contributed by atoms with Crippen molar-refractivity contribution in [2.24, 2.45) is 0 Å². The Morgan fingerprint density at radius 3 is 3.11 bits per heavy atom. The van der Waals surface area contributed by atoms with Gasteiger partial charge in [0.2, 0.25) is 0 Å². The quantitative estimate of drug-likeness (QED) is 0.631. The minimum absolute atomic E-state index is 0.0693. The average Bonchev–Trinajstić information content (AvgIpc) is 3.34. The van der Waals surface area contributed by atoms with E-state index in [4.69, 9.17) is 4.74 Å². The molecule has 1 saturated heterocycles. The van der Waals surface area contributed by atoms with Gasteiger partial charge in [0.05, 0.1) is 30.7 Å². The van der Waals surface area contributed by atoms with Gasteiger partial charge in [-0.1, -0.05) is 6.58 Å². The van der Waals surface area contributed by atoms with Crippen molar-refractivity contribution in [2.75, 3.05) is 18.1 Å². The van der Waals surface area contributed by atoms with E-state index in [9.17, 15) is 9.18 Å². The maximum absolute atomic E-state index is 13.9. The zero-order valence-electron chi connectivity index (χ0n) is 15.5. The van der Waals surface area contributed by atoms with E-state index >= 15 is 0 Å². The van der Waals surface area contributed by atoms with Crippen molar-refractivity contribution in [2.45, 2.75) is 25.8 Å². The normalized spacial score (nSPS) is 16.5. The van der Waals surface area contributed by atoms with E-state index in [1.54, 1.807) is 23.7 Å². The minimum atomic E-state index is -0.455. The molecule has 1 aliphatic rings. The lowest BCUT2D eigenvalue weighted by atomic mass is 10.0. The summed E-state index contributed by atoms with van der Waals surface area (Å²) in [4.78, 5) is 23.1. The average molecular weight is 381 g/mol. The Morgan fingerprint density at radius 1 is 1.46 bits per heavy atom. The van der Waals surface area contributed by atoms with Crippen LogP contribution in [0, 0.1) is 5.82 Å². The van der Waals surface area contributed by atoms with Crippen molar-refractivity contribution >= 4 is 23.5 Å². The first-order valence-corrected chi connectivity index (χ1v) is 9.18. The summed E-state index contributed by atoms with van der Waals surface area (Å²) in [7, 11) is 0. The summed E-state index contributed by atoms with van der Waals surface area (Å²) in [5, 5.41) is 4.17. The Bertz CT molecular complexity index is 1050. The molecular formula is C20H20FN5O2. The Balaban J connectivity index is 1.75. The van der Waals surface area contributed by atoms with Gasteiger partial charge in [-0.15, -0.1) is 0 Å². The summed E-state index contributed by atoms with van der Waals surface area (Å²) in [6.07, 6.45) is 7.84. The van der Waals surface area contributed by atoms with Crippen LogP contribution in [-0.2, 0) is 4.74 Å². The van der Waals surface area contributed by atoms with Gasteiger partial charge in [0, 0.05) is 18.3 Å². The molecule has 28 heavy (non-hydrogen) atoms. The van der Waals surface area contributed by atoms with Gasteiger partial charge in [-0.3, -0.25) is 4.98 Å². The van der Waals surface area contributed by atoms with Gasteiger partial charge in [-0.25, -0.2) is 18.7 Å². The number of ether oxygens (including phenoxy) is 1. The summed E-state index contributed by atoms with van der Waals surface area (Å²) >= 11 is 0. The van der Waals surface area contributed by atoms with Crippen LogP contribution in [0.3, 0.4) is 0 Å². The van der Waals surface area contributed by atoms with Gasteiger partial charge in [0.25, 0.3) is 0 Å². The van der Waals surface area contributed by atoms with E-state index in [2.05, 4.69) is 26.5 Å². The van der Waals surface area contributed by atoms with Crippen LogP contribution in [-0.4, -0.2) is 38.7 Å². The molecule has 7 nitrogen and oxygen atoms in total. The number of aromatic nitrogens is 4. The zero-order valence-corrected chi connectivity index (χ0v) is 15.5. The van der Waals surface area contributed by atoms with E-state index in [-0.39, 0.29) is 18.5 Å². The molecule has 1 unspecified atom stereocenters. The van der Waals surface area contributed by atoms with E-state index in [0.29, 0.717) is 22.7 Å². The van der Waals surface area contributed by atoms with Crippen LogP contribution >= 0.6 is 0 Å². The van der Waals surface area contributed by atoms with Crippen LogP contribution in [0.1, 0.15) is 47.4 Å². The molecular weight excluding hydrogens is 361 g/mol. The van der Waals surface area contributed by atoms with Crippen LogP contribution in [0.25, 0.3) is 11.7 Å². The first-order chi connectivity index (χ1) is 13.6. The monoisotopic (exact) mass is 381 g/mol. The number of anilines is 1. The zero-order chi connectivity index (χ0) is 19.7. The Morgan fingerprint density at radius 2 is 2.32 bits per heavy atom. The standard InChI is InChI=1S/C20H20FN5O2/c1-3-16-14(10-13(21)11-22-16)17-6-5-8-25(17)18-7-9-26-19(24-18)15(12-23-26)20(27)28-4-2/h3,7,9-12,17H,1,4-6,8H2,2H3. The highest BCUT2D eigenvalue weighted by Gasteiger charge is 2.30. The molecule has 4 heterocycles. The summed E-state index contributed by atoms with van der Waals surface area (Å²) in [5.74, 6) is -0.139. The largest absolute Gasteiger partial charge is 0.462 e. The third kappa shape index (κ3) is 3.11. The number of halogens is 1. The molecule has 0 spiro atoms. The van der Waals surface area contributed by atoms with Gasteiger partial charge in [0.15, 0.2) is 5.65 Å². The highest BCUT2D eigenvalue weighted by atomic mass is 19.1. The number of hydrogen-bond acceptors (Lipinski definition) is 6. The van der Waals surface area contributed by atoms with Gasteiger partial charge in [-0.2, -0.15) is 5.10 Å². The fraction of sp³-hybridized carbons (Fsp3) is 0.300. The predicted molar refractivity (Wildman–Crippen MR) is 103 cm³/mol. The van der Waals surface area contributed by atoms with Crippen molar-refractivity contribution in [3.63, 3.8) is 0 Å². The molecule has 1 atom stereocenters. The molecule has 3 aromatic heterocycles. The van der Waals surface area contributed by atoms with Crippen LogP contribution in [0.15, 0.2) is 37.3 Å². The number of pyridine rings is 1. The number of rotatable bonds is 5. The molecule has 0 aliphatic carbocycles. The molecule has 0 amide bonds. The number of nitrogens with zero attached hydrogens (tertiary/aromatic N) is 5. The lowest BCUT2D eigenvalue weighted by Crippen LogP contribution is -2.25. The Hall–Kier alpha value is -3.29.